The molecule has 134 valence electrons. The molecule has 1 N–H and O–H groups in total. The van der Waals surface area contributed by atoms with E-state index < -0.39 is 17.6 Å². The highest BCUT2D eigenvalue weighted by Crippen LogP contribution is 2.29. The number of thiazole rings is 1. The van der Waals surface area contributed by atoms with Crippen molar-refractivity contribution in [1.29, 1.82) is 0 Å². The summed E-state index contributed by atoms with van der Waals surface area (Å²) in [6.45, 7) is 4.00. The number of carbonyl (C=O) groups excluding carboxylic acids is 1. The smallest absolute Gasteiger partial charge is 0.322 e. The van der Waals surface area contributed by atoms with Crippen LogP contribution in [-0.2, 0) is 12.7 Å². The SMILES string of the molecule is C=CCn1c(=O)sc2cc(NC(=O)c3ccc(C(F)(F)F)cc3)ccc21. The predicted octanol–water partition coefficient (Wildman–Crippen LogP) is 4.52. The second-order valence-electron chi connectivity index (χ2n) is 5.48. The van der Waals surface area contributed by atoms with Crippen molar-refractivity contribution < 1.29 is 18.0 Å². The van der Waals surface area contributed by atoms with Crippen LogP contribution in [0.1, 0.15) is 15.9 Å². The van der Waals surface area contributed by atoms with Gasteiger partial charge in [0.2, 0.25) is 0 Å². The molecule has 0 saturated heterocycles. The molecule has 0 unspecified atom stereocenters. The largest absolute Gasteiger partial charge is 0.416 e. The molecule has 2 aromatic carbocycles. The van der Waals surface area contributed by atoms with Gasteiger partial charge in [0.25, 0.3) is 5.91 Å². The third-order valence-corrected chi connectivity index (χ3v) is 4.65. The number of anilines is 1. The average molecular weight is 378 g/mol. The molecule has 1 aromatic heterocycles. The molecular weight excluding hydrogens is 365 g/mol. The van der Waals surface area contributed by atoms with E-state index in [9.17, 15) is 22.8 Å². The number of fused-ring (bicyclic) bond motifs is 1. The summed E-state index contributed by atoms with van der Waals surface area (Å²) in [5, 5.41) is 2.62. The molecule has 0 bridgehead atoms. The van der Waals surface area contributed by atoms with Crippen molar-refractivity contribution in [3.63, 3.8) is 0 Å². The molecule has 3 aromatic rings. The van der Waals surface area contributed by atoms with Crippen LogP contribution in [0, 0.1) is 0 Å². The fourth-order valence-corrected chi connectivity index (χ4v) is 3.40. The molecule has 0 saturated carbocycles. The molecule has 4 nitrogen and oxygen atoms in total. The van der Waals surface area contributed by atoms with Crippen molar-refractivity contribution in [2.24, 2.45) is 0 Å². The lowest BCUT2D eigenvalue weighted by molar-refractivity contribution is -0.137. The van der Waals surface area contributed by atoms with Gasteiger partial charge in [0.05, 0.1) is 15.8 Å². The van der Waals surface area contributed by atoms with Crippen molar-refractivity contribution in [2.75, 3.05) is 5.32 Å². The Morgan fingerprint density at radius 2 is 1.88 bits per heavy atom. The summed E-state index contributed by atoms with van der Waals surface area (Å²) in [6, 6.07) is 8.96. The molecule has 0 aliphatic heterocycles. The number of nitrogens with one attached hydrogen (secondary N) is 1. The summed E-state index contributed by atoms with van der Waals surface area (Å²) in [5.74, 6) is -0.532. The van der Waals surface area contributed by atoms with E-state index in [1.807, 2.05) is 0 Å². The van der Waals surface area contributed by atoms with Gasteiger partial charge in [-0.3, -0.25) is 14.2 Å². The summed E-state index contributed by atoms with van der Waals surface area (Å²) in [6.07, 6.45) is -2.83. The number of nitrogens with zero attached hydrogens (tertiary/aromatic N) is 1. The fourth-order valence-electron chi connectivity index (χ4n) is 2.46. The number of hydrogen-bond donors (Lipinski definition) is 1. The lowest BCUT2D eigenvalue weighted by Crippen LogP contribution is -2.13. The van der Waals surface area contributed by atoms with Gasteiger partial charge in [-0.05, 0) is 42.5 Å². The van der Waals surface area contributed by atoms with Crippen molar-refractivity contribution >= 4 is 33.1 Å². The van der Waals surface area contributed by atoms with E-state index in [1.54, 1.807) is 28.8 Å². The van der Waals surface area contributed by atoms with Crippen LogP contribution in [0.15, 0.2) is 59.9 Å². The first-order chi connectivity index (χ1) is 12.3. The number of hydrogen-bond acceptors (Lipinski definition) is 3. The van der Waals surface area contributed by atoms with E-state index in [-0.39, 0.29) is 10.4 Å². The van der Waals surface area contributed by atoms with Crippen LogP contribution in [0.25, 0.3) is 10.2 Å². The minimum absolute atomic E-state index is 0.107. The summed E-state index contributed by atoms with van der Waals surface area (Å²) >= 11 is 1.04. The number of rotatable bonds is 4. The monoisotopic (exact) mass is 378 g/mol. The zero-order valence-electron chi connectivity index (χ0n) is 13.3. The second kappa shape index (κ2) is 6.80. The lowest BCUT2D eigenvalue weighted by Gasteiger charge is -2.08. The highest BCUT2D eigenvalue weighted by molar-refractivity contribution is 7.16. The van der Waals surface area contributed by atoms with E-state index in [4.69, 9.17) is 0 Å². The normalized spacial score (nSPS) is 11.5. The number of carbonyl (C=O) groups is 1. The van der Waals surface area contributed by atoms with Gasteiger partial charge in [-0.25, -0.2) is 0 Å². The van der Waals surface area contributed by atoms with E-state index in [2.05, 4.69) is 11.9 Å². The maximum Gasteiger partial charge on any atom is 0.416 e. The van der Waals surface area contributed by atoms with Crippen molar-refractivity contribution in [1.82, 2.24) is 4.57 Å². The molecule has 0 aliphatic carbocycles. The van der Waals surface area contributed by atoms with Crippen LogP contribution in [-0.4, -0.2) is 10.5 Å². The minimum atomic E-state index is -4.45. The zero-order chi connectivity index (χ0) is 18.9. The Labute approximate surface area is 150 Å². The van der Waals surface area contributed by atoms with Gasteiger partial charge >= 0.3 is 11.0 Å². The summed E-state index contributed by atoms with van der Waals surface area (Å²) in [5.41, 5.74) is 0.473. The molecular formula is C18H13F3N2O2S. The molecule has 0 atom stereocenters. The second-order valence-corrected chi connectivity index (χ2v) is 6.47. The van der Waals surface area contributed by atoms with Crippen LogP contribution in [0.3, 0.4) is 0 Å². The topological polar surface area (TPSA) is 51.1 Å². The molecule has 0 radical (unpaired) electrons. The molecule has 8 heteroatoms. The molecule has 3 rings (SSSR count). The minimum Gasteiger partial charge on any atom is -0.322 e. The van der Waals surface area contributed by atoms with Gasteiger partial charge in [0.15, 0.2) is 0 Å². The Kier molecular flexibility index (Phi) is 4.69. The lowest BCUT2D eigenvalue weighted by atomic mass is 10.1. The van der Waals surface area contributed by atoms with Gasteiger partial charge in [-0.15, -0.1) is 6.58 Å². The van der Waals surface area contributed by atoms with Crippen LogP contribution in [0.4, 0.5) is 18.9 Å². The van der Waals surface area contributed by atoms with Crippen molar-refractivity contribution in [3.8, 4) is 0 Å². The van der Waals surface area contributed by atoms with Crippen LogP contribution in [0.5, 0.6) is 0 Å². The Morgan fingerprint density at radius 1 is 1.19 bits per heavy atom. The van der Waals surface area contributed by atoms with E-state index in [0.717, 1.165) is 41.1 Å². The quantitative estimate of drug-likeness (QED) is 0.679. The van der Waals surface area contributed by atoms with Gasteiger partial charge in [0, 0.05) is 17.8 Å². The Balaban J connectivity index is 1.83. The van der Waals surface area contributed by atoms with E-state index >= 15 is 0 Å². The Morgan fingerprint density at radius 3 is 2.50 bits per heavy atom. The van der Waals surface area contributed by atoms with Crippen molar-refractivity contribution in [3.05, 3.63) is 75.9 Å². The Hall–Kier alpha value is -2.87. The molecule has 0 aliphatic rings. The first-order valence-corrected chi connectivity index (χ1v) is 8.34. The van der Waals surface area contributed by atoms with Gasteiger partial charge in [0.1, 0.15) is 0 Å². The number of halogens is 3. The van der Waals surface area contributed by atoms with Crippen LogP contribution < -0.4 is 10.2 Å². The highest BCUT2D eigenvalue weighted by atomic mass is 32.1. The standard InChI is InChI=1S/C18H13F3N2O2S/c1-2-9-23-14-8-7-13(10-15(14)26-17(23)25)22-16(24)11-3-5-12(6-4-11)18(19,20)21/h2-8,10H,1,9H2,(H,22,24). The van der Waals surface area contributed by atoms with Crippen LogP contribution >= 0.6 is 11.3 Å². The van der Waals surface area contributed by atoms with Crippen LogP contribution in [0.2, 0.25) is 0 Å². The molecule has 0 spiro atoms. The fraction of sp³-hybridized carbons (Fsp3) is 0.111. The number of alkyl halides is 3. The number of amides is 1. The number of aromatic nitrogens is 1. The molecule has 26 heavy (non-hydrogen) atoms. The summed E-state index contributed by atoms with van der Waals surface area (Å²) < 4.78 is 40.0. The maximum atomic E-state index is 12.6. The van der Waals surface area contributed by atoms with E-state index in [0.29, 0.717) is 16.9 Å². The van der Waals surface area contributed by atoms with Gasteiger partial charge in [-0.1, -0.05) is 17.4 Å². The number of benzene rings is 2. The van der Waals surface area contributed by atoms with Gasteiger partial charge in [-0.2, -0.15) is 13.2 Å². The van der Waals surface area contributed by atoms with Gasteiger partial charge < -0.3 is 5.32 Å². The summed E-state index contributed by atoms with van der Waals surface area (Å²) in [4.78, 5) is 24.0. The number of allylic oxidation sites excluding steroid dienone is 1. The third-order valence-electron chi connectivity index (χ3n) is 3.71. The first kappa shape index (κ1) is 17.9. The average Bonchev–Trinajstić information content (AvgIpc) is 2.89. The molecule has 1 amide bonds. The third kappa shape index (κ3) is 3.55. The Bertz CT molecular complexity index is 1030. The first-order valence-electron chi connectivity index (χ1n) is 7.52. The molecule has 1 heterocycles. The molecule has 0 fully saturated rings. The maximum absolute atomic E-state index is 12.6. The highest BCUT2D eigenvalue weighted by Gasteiger charge is 2.30. The van der Waals surface area contributed by atoms with Crippen molar-refractivity contribution in [2.45, 2.75) is 12.7 Å². The predicted molar refractivity (Wildman–Crippen MR) is 95.7 cm³/mol. The zero-order valence-corrected chi connectivity index (χ0v) is 14.2. The summed E-state index contributed by atoms with van der Waals surface area (Å²) in [7, 11) is 0. The van der Waals surface area contributed by atoms with E-state index in [1.165, 1.54) is 0 Å².